The van der Waals surface area contributed by atoms with Crippen LogP contribution in [0.2, 0.25) is 0 Å². The van der Waals surface area contributed by atoms with Crippen LogP contribution in [0.5, 0.6) is 0 Å². The molecule has 0 aliphatic carbocycles. The topological polar surface area (TPSA) is 43.4 Å². The molecule has 5 heteroatoms. The maximum Gasteiger partial charge on any atom is 0.338 e. The van der Waals surface area contributed by atoms with E-state index in [4.69, 9.17) is 16.3 Å². The van der Waals surface area contributed by atoms with Gasteiger partial charge in [0.15, 0.2) is 5.78 Å². The van der Waals surface area contributed by atoms with Gasteiger partial charge in [0.25, 0.3) is 0 Å². The van der Waals surface area contributed by atoms with Crippen molar-refractivity contribution in [1.29, 1.82) is 0 Å². The van der Waals surface area contributed by atoms with E-state index in [2.05, 4.69) is 0 Å². The lowest BCUT2D eigenvalue weighted by Crippen LogP contribution is -2.08. The first-order valence-electron chi connectivity index (χ1n) is 5.16. The second-order valence-electron chi connectivity index (χ2n) is 3.28. The van der Waals surface area contributed by atoms with Crippen molar-refractivity contribution in [3.63, 3.8) is 0 Å². The highest BCUT2D eigenvalue weighted by molar-refractivity contribution is 14.1. The molecule has 0 bridgehead atoms. The molecule has 92 valence electrons. The summed E-state index contributed by atoms with van der Waals surface area (Å²) in [6.45, 7) is 2.09. The number of esters is 1. The number of alkyl halides is 1. The predicted octanol–water partition coefficient (Wildman–Crippen LogP) is 3.28. The van der Waals surface area contributed by atoms with Gasteiger partial charge in [-0.2, -0.15) is 0 Å². The quantitative estimate of drug-likeness (QED) is 0.348. The molecular formula is C12H12ClIO3. The minimum atomic E-state index is -0.373. The number of ketones is 1. The predicted molar refractivity (Wildman–Crippen MR) is 74.8 cm³/mol. The monoisotopic (exact) mass is 366 g/mol. The van der Waals surface area contributed by atoms with Gasteiger partial charge in [0.1, 0.15) is 0 Å². The second-order valence-corrected chi connectivity index (χ2v) is 4.82. The van der Waals surface area contributed by atoms with E-state index in [1.807, 2.05) is 22.6 Å². The van der Waals surface area contributed by atoms with Gasteiger partial charge in [0.2, 0.25) is 0 Å². The van der Waals surface area contributed by atoms with Gasteiger partial charge in [-0.3, -0.25) is 4.79 Å². The summed E-state index contributed by atoms with van der Waals surface area (Å²) in [5.41, 5.74) is 1.05. The van der Waals surface area contributed by atoms with Crippen molar-refractivity contribution in [2.45, 2.75) is 13.3 Å². The summed E-state index contributed by atoms with van der Waals surface area (Å²) in [5.74, 6) is -0.0873. The number of rotatable bonds is 5. The Morgan fingerprint density at radius 2 is 2.12 bits per heavy atom. The summed E-state index contributed by atoms with van der Waals surface area (Å²) < 4.78 is 5.62. The first-order valence-corrected chi connectivity index (χ1v) is 6.77. The number of carbonyl (C=O) groups is 2. The molecule has 1 rings (SSSR count). The Balaban J connectivity index is 2.93. The number of ether oxygens (including phenoxy) is 1. The SMILES string of the molecule is CCOC(=O)c1ccc(C(=O)CCCl)c(I)c1. The van der Waals surface area contributed by atoms with Crippen molar-refractivity contribution < 1.29 is 14.3 Å². The fraction of sp³-hybridized carbons (Fsp3) is 0.333. The van der Waals surface area contributed by atoms with Crippen molar-refractivity contribution >= 4 is 45.9 Å². The van der Waals surface area contributed by atoms with Gasteiger partial charge in [-0.25, -0.2) is 4.79 Å². The van der Waals surface area contributed by atoms with Gasteiger partial charge < -0.3 is 4.74 Å². The first-order chi connectivity index (χ1) is 8.10. The van der Waals surface area contributed by atoms with Gasteiger partial charge in [-0.1, -0.05) is 0 Å². The average molecular weight is 367 g/mol. The van der Waals surface area contributed by atoms with E-state index in [0.717, 1.165) is 3.57 Å². The summed E-state index contributed by atoms with van der Waals surface area (Å²) in [6, 6.07) is 4.89. The molecule has 3 nitrogen and oxygen atoms in total. The van der Waals surface area contributed by atoms with Gasteiger partial charge in [-0.05, 0) is 47.7 Å². The Kier molecular flexibility index (Phi) is 5.91. The zero-order valence-electron chi connectivity index (χ0n) is 9.33. The molecule has 17 heavy (non-hydrogen) atoms. The Hall–Kier alpha value is -0.620. The number of Topliss-reactive ketones (excluding diaryl/α,β-unsaturated/α-hetero) is 1. The fourth-order valence-corrected chi connectivity index (χ4v) is 2.29. The third-order valence-electron chi connectivity index (χ3n) is 2.10. The molecule has 0 spiro atoms. The molecule has 1 aromatic rings. The largest absolute Gasteiger partial charge is 0.462 e. The molecule has 0 aliphatic heterocycles. The molecule has 0 heterocycles. The van der Waals surface area contributed by atoms with Gasteiger partial charge in [-0.15, -0.1) is 11.6 Å². The molecule has 0 fully saturated rings. The maximum atomic E-state index is 11.7. The van der Waals surface area contributed by atoms with E-state index in [-0.39, 0.29) is 11.8 Å². The van der Waals surface area contributed by atoms with Crippen LogP contribution in [0.4, 0.5) is 0 Å². The van der Waals surface area contributed by atoms with Crippen LogP contribution >= 0.6 is 34.2 Å². The van der Waals surface area contributed by atoms with E-state index in [9.17, 15) is 9.59 Å². The van der Waals surface area contributed by atoms with E-state index >= 15 is 0 Å². The van der Waals surface area contributed by atoms with Crippen LogP contribution in [-0.4, -0.2) is 24.2 Å². The first kappa shape index (κ1) is 14.4. The van der Waals surface area contributed by atoms with Crippen LogP contribution in [0.15, 0.2) is 18.2 Å². The summed E-state index contributed by atoms with van der Waals surface area (Å²) in [7, 11) is 0. The summed E-state index contributed by atoms with van der Waals surface area (Å²) in [4.78, 5) is 23.1. The smallest absolute Gasteiger partial charge is 0.338 e. The average Bonchev–Trinajstić information content (AvgIpc) is 2.29. The van der Waals surface area contributed by atoms with Crippen LogP contribution in [0.1, 0.15) is 34.1 Å². The number of hydrogen-bond acceptors (Lipinski definition) is 3. The molecule has 0 atom stereocenters. The molecule has 0 aliphatic rings. The summed E-state index contributed by atoms with van der Waals surface area (Å²) >= 11 is 7.56. The lowest BCUT2D eigenvalue weighted by Gasteiger charge is -2.06. The minimum Gasteiger partial charge on any atom is -0.462 e. The molecule has 0 amide bonds. The van der Waals surface area contributed by atoms with Crippen LogP contribution in [0.25, 0.3) is 0 Å². The van der Waals surface area contributed by atoms with Gasteiger partial charge in [0.05, 0.1) is 12.2 Å². The van der Waals surface area contributed by atoms with Crippen molar-refractivity contribution in [1.82, 2.24) is 0 Å². The summed E-state index contributed by atoms with van der Waals surface area (Å²) in [6.07, 6.45) is 0.302. The zero-order valence-corrected chi connectivity index (χ0v) is 12.2. The summed E-state index contributed by atoms with van der Waals surface area (Å²) in [5, 5.41) is 0. The highest BCUT2D eigenvalue weighted by Crippen LogP contribution is 2.17. The molecule has 0 N–H and O–H groups in total. The molecule has 0 unspecified atom stereocenters. The maximum absolute atomic E-state index is 11.7. The zero-order chi connectivity index (χ0) is 12.8. The Morgan fingerprint density at radius 1 is 1.41 bits per heavy atom. The standard InChI is InChI=1S/C12H12ClIO3/c1-2-17-12(16)8-3-4-9(10(14)7-8)11(15)5-6-13/h3-4,7H,2,5-6H2,1H3. The van der Waals surface area contributed by atoms with E-state index in [0.29, 0.717) is 30.0 Å². The Bertz CT molecular complexity index is 432. The molecule has 0 saturated carbocycles. The third kappa shape index (κ3) is 3.96. The van der Waals surface area contributed by atoms with Gasteiger partial charge in [0, 0.05) is 21.4 Å². The third-order valence-corrected chi connectivity index (χ3v) is 3.18. The Morgan fingerprint density at radius 3 is 2.65 bits per heavy atom. The van der Waals surface area contributed by atoms with E-state index in [1.165, 1.54) is 0 Å². The minimum absolute atomic E-state index is 0.0141. The lowest BCUT2D eigenvalue weighted by atomic mass is 10.1. The highest BCUT2D eigenvalue weighted by Gasteiger charge is 2.13. The van der Waals surface area contributed by atoms with Crippen LogP contribution in [-0.2, 0) is 4.74 Å². The highest BCUT2D eigenvalue weighted by atomic mass is 127. The molecule has 1 aromatic carbocycles. The number of carbonyl (C=O) groups excluding carboxylic acids is 2. The fourth-order valence-electron chi connectivity index (χ4n) is 1.30. The van der Waals surface area contributed by atoms with Crippen molar-refractivity contribution in [2.24, 2.45) is 0 Å². The van der Waals surface area contributed by atoms with Crippen LogP contribution in [0.3, 0.4) is 0 Å². The van der Waals surface area contributed by atoms with E-state index in [1.54, 1.807) is 25.1 Å². The lowest BCUT2D eigenvalue weighted by molar-refractivity contribution is 0.0526. The van der Waals surface area contributed by atoms with Gasteiger partial charge >= 0.3 is 5.97 Å². The number of hydrogen-bond donors (Lipinski definition) is 0. The van der Waals surface area contributed by atoms with Crippen LogP contribution < -0.4 is 0 Å². The number of halogens is 2. The van der Waals surface area contributed by atoms with E-state index < -0.39 is 0 Å². The normalized spacial score (nSPS) is 10.1. The van der Waals surface area contributed by atoms with Crippen molar-refractivity contribution in [2.75, 3.05) is 12.5 Å². The molecule has 0 aromatic heterocycles. The van der Waals surface area contributed by atoms with Crippen molar-refractivity contribution in [3.05, 3.63) is 32.9 Å². The molecular weight excluding hydrogens is 354 g/mol. The second kappa shape index (κ2) is 6.96. The number of benzene rings is 1. The Labute approximate surface area is 119 Å². The van der Waals surface area contributed by atoms with Crippen LogP contribution in [0, 0.1) is 3.57 Å². The van der Waals surface area contributed by atoms with Crippen molar-refractivity contribution in [3.8, 4) is 0 Å². The molecule has 0 radical (unpaired) electrons. The molecule has 0 saturated heterocycles.